The van der Waals surface area contributed by atoms with E-state index in [0.717, 1.165) is 27.4 Å². The van der Waals surface area contributed by atoms with Crippen LogP contribution in [0.3, 0.4) is 0 Å². The molecule has 10 heteroatoms. The Morgan fingerprint density at radius 3 is 2.17 bits per heavy atom. The molecule has 0 saturated heterocycles. The monoisotopic (exact) mass is 617 g/mol. The third-order valence-corrected chi connectivity index (χ3v) is 9.66. The molecule has 7 nitrogen and oxygen atoms in total. The number of aryl methyl sites for hydroxylation is 2. The molecular weight excluding hydrogens is 581 g/mol. The average Bonchev–Trinajstić information content (AvgIpc) is 2.94. The molecule has 0 aliphatic heterocycles. The number of rotatable bonds is 12. The lowest BCUT2D eigenvalue weighted by atomic mass is 10.1. The van der Waals surface area contributed by atoms with Gasteiger partial charge in [-0.1, -0.05) is 85.1 Å². The van der Waals surface area contributed by atoms with E-state index in [1.807, 2.05) is 58.9 Å². The second kappa shape index (κ2) is 14.2. The van der Waals surface area contributed by atoms with Crippen molar-refractivity contribution >= 4 is 50.7 Å². The van der Waals surface area contributed by atoms with Crippen LogP contribution in [0.1, 0.15) is 50.3 Å². The molecule has 0 aromatic heterocycles. The first kappa shape index (κ1) is 32.4. The van der Waals surface area contributed by atoms with Crippen molar-refractivity contribution < 1.29 is 18.0 Å². The number of hydrogen-bond donors (Lipinski definition) is 1. The Hall–Kier alpha value is -3.07. The number of benzene rings is 3. The summed E-state index contributed by atoms with van der Waals surface area (Å²) < 4.78 is 29.0. The minimum atomic E-state index is -4.25. The number of sulfonamides is 1. The molecule has 3 rings (SSSR count). The van der Waals surface area contributed by atoms with E-state index in [2.05, 4.69) is 5.32 Å². The van der Waals surface area contributed by atoms with Gasteiger partial charge < -0.3 is 10.2 Å². The summed E-state index contributed by atoms with van der Waals surface area (Å²) in [6, 6.07) is 17.6. The fraction of sp³-hybridized carbons (Fsp3) is 0.355. The van der Waals surface area contributed by atoms with E-state index in [0.29, 0.717) is 6.42 Å². The maximum Gasteiger partial charge on any atom is 0.264 e. The molecule has 0 spiro atoms. The minimum absolute atomic E-state index is 0.000971. The predicted octanol–water partition coefficient (Wildman–Crippen LogP) is 6.53. The van der Waals surface area contributed by atoms with Gasteiger partial charge in [0, 0.05) is 12.6 Å². The quantitative estimate of drug-likeness (QED) is 0.250. The van der Waals surface area contributed by atoms with E-state index in [1.165, 1.54) is 23.1 Å². The van der Waals surface area contributed by atoms with Gasteiger partial charge in [0.05, 0.1) is 20.6 Å². The van der Waals surface area contributed by atoms with E-state index in [1.54, 1.807) is 24.3 Å². The normalized spacial score (nSPS) is 12.9. The predicted molar refractivity (Wildman–Crippen MR) is 166 cm³/mol. The molecule has 0 unspecified atom stereocenters. The third-order valence-electron chi connectivity index (χ3n) is 7.08. The molecule has 0 radical (unpaired) electrons. The van der Waals surface area contributed by atoms with Crippen LogP contribution in [0.2, 0.25) is 10.0 Å². The Morgan fingerprint density at radius 2 is 1.56 bits per heavy atom. The molecule has 41 heavy (non-hydrogen) atoms. The van der Waals surface area contributed by atoms with Crippen LogP contribution in [0.25, 0.3) is 0 Å². The number of nitrogens with one attached hydrogen (secondary N) is 1. The summed E-state index contributed by atoms with van der Waals surface area (Å²) >= 11 is 12.8. The van der Waals surface area contributed by atoms with Crippen molar-refractivity contribution in [1.82, 2.24) is 10.2 Å². The fourth-order valence-corrected chi connectivity index (χ4v) is 6.24. The molecule has 3 aromatic carbocycles. The summed E-state index contributed by atoms with van der Waals surface area (Å²) in [5.74, 6) is -0.844. The Kier molecular flexibility index (Phi) is 11.2. The van der Waals surface area contributed by atoms with Crippen molar-refractivity contribution in [1.29, 1.82) is 0 Å². The van der Waals surface area contributed by atoms with Crippen LogP contribution < -0.4 is 9.62 Å². The molecule has 2 atom stereocenters. The van der Waals surface area contributed by atoms with Gasteiger partial charge in [-0.3, -0.25) is 13.9 Å². The van der Waals surface area contributed by atoms with Crippen molar-refractivity contribution in [3.63, 3.8) is 0 Å². The van der Waals surface area contributed by atoms with Gasteiger partial charge in [0.2, 0.25) is 11.8 Å². The highest BCUT2D eigenvalue weighted by molar-refractivity contribution is 7.92. The Labute approximate surface area is 253 Å². The fourth-order valence-electron chi connectivity index (χ4n) is 4.37. The number of halogens is 2. The summed E-state index contributed by atoms with van der Waals surface area (Å²) in [7, 11) is -4.25. The summed E-state index contributed by atoms with van der Waals surface area (Å²) in [5.41, 5.74) is 2.75. The smallest absolute Gasteiger partial charge is 0.264 e. The van der Waals surface area contributed by atoms with Crippen molar-refractivity contribution in [3.05, 3.63) is 93.5 Å². The molecule has 220 valence electrons. The third kappa shape index (κ3) is 7.82. The molecule has 0 fully saturated rings. The zero-order valence-electron chi connectivity index (χ0n) is 24.0. The van der Waals surface area contributed by atoms with Gasteiger partial charge >= 0.3 is 0 Å². The maximum atomic E-state index is 14.2. The second-order valence-electron chi connectivity index (χ2n) is 10.1. The first-order valence-electron chi connectivity index (χ1n) is 13.6. The molecule has 2 amide bonds. The van der Waals surface area contributed by atoms with Gasteiger partial charge in [0.15, 0.2) is 0 Å². The standard InChI is InChI=1S/C31H37Cl2N3O4S/c1-6-23(5)34-31(38)27(7-2)35(19-24-12-9-8-11-22(24)4)29(37)20-36(28-14-10-13-26(32)30(28)33)41(39,40)25-17-15-21(3)16-18-25/h8-18,23,27H,6-7,19-20H2,1-5H3,(H,34,38)/t23-,27-/m0/s1. The molecule has 0 saturated carbocycles. The van der Waals surface area contributed by atoms with Crippen molar-refractivity contribution in [2.45, 2.75) is 71.0 Å². The van der Waals surface area contributed by atoms with Crippen LogP contribution in [0.5, 0.6) is 0 Å². The average molecular weight is 619 g/mol. The summed E-state index contributed by atoms with van der Waals surface area (Å²) in [6.45, 7) is 9.00. The van der Waals surface area contributed by atoms with Crippen LogP contribution in [-0.2, 0) is 26.2 Å². The molecule has 0 bridgehead atoms. The van der Waals surface area contributed by atoms with E-state index < -0.39 is 28.5 Å². The zero-order valence-corrected chi connectivity index (χ0v) is 26.4. The molecule has 0 heterocycles. The van der Waals surface area contributed by atoms with Crippen molar-refractivity contribution in [3.8, 4) is 0 Å². The summed E-state index contributed by atoms with van der Waals surface area (Å²) in [5, 5.41) is 3.13. The molecule has 0 aliphatic rings. The summed E-state index contributed by atoms with van der Waals surface area (Å²) in [4.78, 5) is 29.0. The molecule has 0 aliphatic carbocycles. The number of anilines is 1. The van der Waals surface area contributed by atoms with Gasteiger partial charge in [-0.05, 0) is 69.0 Å². The first-order chi connectivity index (χ1) is 19.4. The van der Waals surface area contributed by atoms with Crippen molar-refractivity contribution in [2.24, 2.45) is 0 Å². The Bertz CT molecular complexity index is 1480. The van der Waals surface area contributed by atoms with E-state index in [-0.39, 0.29) is 39.1 Å². The topological polar surface area (TPSA) is 86.8 Å². The molecular formula is C31H37Cl2N3O4S. The highest BCUT2D eigenvalue weighted by Crippen LogP contribution is 2.35. The minimum Gasteiger partial charge on any atom is -0.352 e. The van der Waals surface area contributed by atoms with Gasteiger partial charge in [0.25, 0.3) is 10.0 Å². The zero-order chi connectivity index (χ0) is 30.3. The van der Waals surface area contributed by atoms with E-state index in [9.17, 15) is 18.0 Å². The SMILES string of the molecule is CC[C@H](C)NC(=O)[C@H](CC)N(Cc1ccccc1C)C(=O)CN(c1cccc(Cl)c1Cl)S(=O)(=O)c1ccc(C)cc1. The van der Waals surface area contributed by atoms with Gasteiger partial charge in [0.1, 0.15) is 12.6 Å². The number of hydrogen-bond acceptors (Lipinski definition) is 4. The summed E-state index contributed by atoms with van der Waals surface area (Å²) in [6.07, 6.45) is 1.06. The molecule has 3 aromatic rings. The highest BCUT2D eigenvalue weighted by atomic mass is 35.5. The molecule has 1 N–H and O–H groups in total. The van der Waals surface area contributed by atoms with E-state index in [4.69, 9.17) is 23.2 Å². The lowest BCUT2D eigenvalue weighted by Crippen LogP contribution is -2.53. The van der Waals surface area contributed by atoms with Crippen LogP contribution in [0.15, 0.2) is 71.6 Å². The maximum absolute atomic E-state index is 14.2. The lowest BCUT2D eigenvalue weighted by Gasteiger charge is -2.34. The van der Waals surface area contributed by atoms with Crippen LogP contribution >= 0.6 is 23.2 Å². The van der Waals surface area contributed by atoms with Gasteiger partial charge in [-0.2, -0.15) is 0 Å². The number of amides is 2. The largest absolute Gasteiger partial charge is 0.352 e. The first-order valence-corrected chi connectivity index (χ1v) is 15.8. The second-order valence-corrected chi connectivity index (χ2v) is 12.7. The Morgan fingerprint density at radius 1 is 0.902 bits per heavy atom. The van der Waals surface area contributed by atoms with Gasteiger partial charge in [-0.25, -0.2) is 8.42 Å². The van der Waals surface area contributed by atoms with Crippen LogP contribution in [-0.4, -0.2) is 43.8 Å². The number of carbonyl (C=O) groups excluding carboxylic acids is 2. The van der Waals surface area contributed by atoms with Crippen LogP contribution in [0, 0.1) is 13.8 Å². The van der Waals surface area contributed by atoms with Gasteiger partial charge in [-0.15, -0.1) is 0 Å². The van der Waals surface area contributed by atoms with Crippen LogP contribution in [0.4, 0.5) is 5.69 Å². The number of nitrogens with zero attached hydrogens (tertiary/aromatic N) is 2. The van der Waals surface area contributed by atoms with Crippen molar-refractivity contribution in [2.75, 3.05) is 10.8 Å². The highest BCUT2D eigenvalue weighted by Gasteiger charge is 2.35. The Balaban J connectivity index is 2.11. The van der Waals surface area contributed by atoms with E-state index >= 15 is 0 Å². The lowest BCUT2D eigenvalue weighted by molar-refractivity contribution is -0.140. The number of carbonyl (C=O) groups is 2.